The molecule has 1 aromatic carbocycles. The van der Waals surface area contributed by atoms with Gasteiger partial charge in [0.2, 0.25) is 0 Å². The van der Waals surface area contributed by atoms with Crippen LogP contribution in [0.4, 0.5) is 0 Å². The van der Waals surface area contributed by atoms with Gasteiger partial charge in [-0.15, -0.1) is 0 Å². The van der Waals surface area contributed by atoms with Crippen LogP contribution in [0, 0.1) is 0 Å². The third-order valence-corrected chi connectivity index (χ3v) is 2.14. The van der Waals surface area contributed by atoms with Crippen LogP contribution in [0.2, 0.25) is 0 Å². The average molecular weight is 224 g/mol. The summed E-state index contributed by atoms with van der Waals surface area (Å²) in [5, 5.41) is 26.4. The van der Waals surface area contributed by atoms with Gasteiger partial charge in [0.05, 0.1) is 6.42 Å². The van der Waals surface area contributed by atoms with Crippen molar-refractivity contribution < 1.29 is 24.9 Å². The second-order valence-electron chi connectivity index (χ2n) is 3.42. The van der Waals surface area contributed by atoms with Crippen molar-refractivity contribution in [3.8, 4) is 5.75 Å². The zero-order valence-corrected chi connectivity index (χ0v) is 8.51. The average Bonchev–Trinajstić information content (AvgIpc) is 2.15. The minimum Gasteiger partial charge on any atom is -0.508 e. The number of benzene rings is 1. The molecule has 0 heterocycles. The first-order valence-corrected chi connectivity index (χ1v) is 4.73. The van der Waals surface area contributed by atoms with Crippen molar-refractivity contribution in [3.63, 3.8) is 0 Å². The summed E-state index contributed by atoms with van der Waals surface area (Å²) in [6, 6.07) is 4.32. The number of phenols is 1. The van der Waals surface area contributed by atoms with E-state index in [0.29, 0.717) is 11.1 Å². The molecule has 5 nitrogen and oxygen atoms in total. The highest BCUT2D eigenvalue weighted by Gasteiger charge is 2.09. The lowest BCUT2D eigenvalue weighted by Gasteiger charge is -2.07. The summed E-state index contributed by atoms with van der Waals surface area (Å²) in [7, 11) is 0. The number of rotatable bonds is 5. The third-order valence-electron chi connectivity index (χ3n) is 2.14. The summed E-state index contributed by atoms with van der Waals surface area (Å²) in [6.45, 7) is 0. The predicted molar refractivity (Wildman–Crippen MR) is 55.4 cm³/mol. The molecule has 0 amide bonds. The lowest BCUT2D eigenvalue weighted by atomic mass is 10.00. The van der Waals surface area contributed by atoms with Crippen molar-refractivity contribution in [1.29, 1.82) is 0 Å². The maximum Gasteiger partial charge on any atom is 0.307 e. The number of carboxylic acids is 2. The van der Waals surface area contributed by atoms with Crippen LogP contribution in [0.3, 0.4) is 0 Å². The molecule has 0 saturated heterocycles. The fourth-order valence-corrected chi connectivity index (χ4v) is 1.43. The van der Waals surface area contributed by atoms with Gasteiger partial charge in [-0.2, -0.15) is 0 Å². The lowest BCUT2D eigenvalue weighted by molar-refractivity contribution is -0.137. The molecule has 0 aromatic heterocycles. The molecule has 16 heavy (non-hydrogen) atoms. The Morgan fingerprint density at radius 3 is 2.31 bits per heavy atom. The molecule has 0 spiro atoms. The summed E-state index contributed by atoms with van der Waals surface area (Å²) in [5.41, 5.74) is 1.09. The van der Waals surface area contributed by atoms with E-state index < -0.39 is 11.9 Å². The van der Waals surface area contributed by atoms with Crippen LogP contribution < -0.4 is 0 Å². The molecule has 0 radical (unpaired) electrons. The van der Waals surface area contributed by atoms with E-state index >= 15 is 0 Å². The van der Waals surface area contributed by atoms with Crippen LogP contribution in [0.1, 0.15) is 17.5 Å². The highest BCUT2D eigenvalue weighted by molar-refractivity contribution is 5.71. The van der Waals surface area contributed by atoms with E-state index in [1.807, 2.05) is 0 Å². The number of aryl methyl sites for hydroxylation is 1. The summed E-state index contributed by atoms with van der Waals surface area (Å²) < 4.78 is 0. The molecule has 0 atom stereocenters. The number of carbonyl (C=O) groups is 2. The molecule has 0 aliphatic heterocycles. The lowest BCUT2D eigenvalue weighted by Crippen LogP contribution is -2.05. The van der Waals surface area contributed by atoms with E-state index in [1.54, 1.807) is 6.07 Å². The number of hydrogen-bond acceptors (Lipinski definition) is 3. The number of aliphatic carboxylic acids is 2. The number of hydrogen-bond donors (Lipinski definition) is 3. The van der Waals surface area contributed by atoms with Gasteiger partial charge >= 0.3 is 11.9 Å². The van der Waals surface area contributed by atoms with E-state index in [4.69, 9.17) is 10.2 Å². The maximum absolute atomic E-state index is 10.6. The third kappa shape index (κ3) is 3.61. The van der Waals surface area contributed by atoms with E-state index in [0.717, 1.165) is 0 Å². The minimum atomic E-state index is -1.01. The number of carboxylic acid groups (broad SMARTS) is 2. The van der Waals surface area contributed by atoms with Gasteiger partial charge in [0.15, 0.2) is 0 Å². The Kier molecular flexibility index (Phi) is 3.88. The molecule has 0 aliphatic carbocycles. The maximum atomic E-state index is 10.6. The Bertz CT molecular complexity index is 411. The minimum absolute atomic E-state index is 0.0182. The number of aromatic hydroxyl groups is 1. The van der Waals surface area contributed by atoms with Crippen molar-refractivity contribution in [2.24, 2.45) is 0 Å². The van der Waals surface area contributed by atoms with Gasteiger partial charge in [-0.3, -0.25) is 9.59 Å². The molecule has 3 N–H and O–H groups in total. The first-order valence-electron chi connectivity index (χ1n) is 4.73. The molecule has 0 bridgehead atoms. The highest BCUT2D eigenvalue weighted by atomic mass is 16.4. The molecule has 0 saturated carbocycles. The number of phenolic OH excluding ortho intramolecular Hbond substituents is 1. The molecule has 86 valence electrons. The zero-order chi connectivity index (χ0) is 12.1. The molecule has 1 aromatic rings. The van der Waals surface area contributed by atoms with Crippen LogP contribution >= 0.6 is 0 Å². The molecular weight excluding hydrogens is 212 g/mol. The standard InChI is InChI=1S/C11H12O5/c12-9-3-1-7(2-4-10(13)14)8(5-9)6-11(15)16/h1,3,5,12H,2,4,6H2,(H,13,14)(H,15,16). The van der Waals surface area contributed by atoms with Gasteiger partial charge in [0, 0.05) is 6.42 Å². The summed E-state index contributed by atoms with van der Waals surface area (Å²) in [4.78, 5) is 21.0. The summed E-state index contributed by atoms with van der Waals surface area (Å²) >= 11 is 0. The monoisotopic (exact) mass is 224 g/mol. The van der Waals surface area contributed by atoms with E-state index in [-0.39, 0.29) is 25.0 Å². The first-order chi connectivity index (χ1) is 7.49. The largest absolute Gasteiger partial charge is 0.508 e. The molecule has 1 rings (SSSR count). The fraction of sp³-hybridized carbons (Fsp3) is 0.273. The Balaban J connectivity index is 2.88. The van der Waals surface area contributed by atoms with Crippen LogP contribution in [-0.2, 0) is 22.4 Å². The highest BCUT2D eigenvalue weighted by Crippen LogP contribution is 2.18. The Hall–Kier alpha value is -2.04. The van der Waals surface area contributed by atoms with Crippen molar-refractivity contribution in [1.82, 2.24) is 0 Å². The first kappa shape index (κ1) is 12.0. The molecule has 0 fully saturated rings. The molecule has 5 heteroatoms. The van der Waals surface area contributed by atoms with Crippen LogP contribution in [0.5, 0.6) is 5.75 Å². The van der Waals surface area contributed by atoms with Crippen molar-refractivity contribution in [2.45, 2.75) is 19.3 Å². The van der Waals surface area contributed by atoms with E-state index in [2.05, 4.69) is 0 Å². The quantitative estimate of drug-likeness (QED) is 0.694. The van der Waals surface area contributed by atoms with Gasteiger partial charge in [-0.25, -0.2) is 0 Å². The van der Waals surface area contributed by atoms with Crippen molar-refractivity contribution in [3.05, 3.63) is 29.3 Å². The smallest absolute Gasteiger partial charge is 0.307 e. The molecular formula is C11H12O5. The van der Waals surface area contributed by atoms with Gasteiger partial charge in [-0.05, 0) is 29.7 Å². The summed E-state index contributed by atoms with van der Waals surface area (Å²) in [5.74, 6) is -1.97. The second kappa shape index (κ2) is 5.16. The Morgan fingerprint density at radius 2 is 1.75 bits per heavy atom. The molecule has 0 aliphatic rings. The fourth-order valence-electron chi connectivity index (χ4n) is 1.43. The van der Waals surface area contributed by atoms with Crippen LogP contribution in [0.15, 0.2) is 18.2 Å². The SMILES string of the molecule is O=C(O)CCc1ccc(O)cc1CC(=O)O. The van der Waals surface area contributed by atoms with Gasteiger partial charge in [-0.1, -0.05) is 6.07 Å². The zero-order valence-electron chi connectivity index (χ0n) is 8.51. The van der Waals surface area contributed by atoms with Crippen molar-refractivity contribution in [2.75, 3.05) is 0 Å². The van der Waals surface area contributed by atoms with Gasteiger partial charge < -0.3 is 15.3 Å². The van der Waals surface area contributed by atoms with Crippen LogP contribution in [-0.4, -0.2) is 27.3 Å². The van der Waals surface area contributed by atoms with Crippen molar-refractivity contribution >= 4 is 11.9 Å². The van der Waals surface area contributed by atoms with E-state index in [1.165, 1.54) is 12.1 Å². The predicted octanol–water partition coefficient (Wildman–Crippen LogP) is 1.04. The normalized spacial score (nSPS) is 10.0. The van der Waals surface area contributed by atoms with Crippen LogP contribution in [0.25, 0.3) is 0 Å². The Labute approximate surface area is 92.0 Å². The van der Waals surface area contributed by atoms with E-state index in [9.17, 15) is 14.7 Å². The molecule has 0 unspecified atom stereocenters. The second-order valence-corrected chi connectivity index (χ2v) is 3.42. The van der Waals surface area contributed by atoms with Gasteiger partial charge in [0.1, 0.15) is 5.75 Å². The summed E-state index contributed by atoms with van der Waals surface area (Å²) in [6.07, 6.45) is -0.0149. The van der Waals surface area contributed by atoms with Gasteiger partial charge in [0.25, 0.3) is 0 Å². The Morgan fingerprint density at radius 1 is 1.06 bits per heavy atom. The topological polar surface area (TPSA) is 94.8 Å².